The van der Waals surface area contributed by atoms with E-state index in [9.17, 15) is 5.11 Å². The average Bonchev–Trinajstić information content (AvgIpc) is 3.43. The molecule has 0 aromatic carbocycles. The fourth-order valence-electron chi connectivity index (χ4n) is 4.66. The van der Waals surface area contributed by atoms with Gasteiger partial charge in [0, 0.05) is 13.2 Å². The normalized spacial score (nSPS) is 23.9. The molecule has 0 aliphatic carbocycles. The second-order valence-corrected chi connectivity index (χ2v) is 15.0. The number of hydrogen-bond donors (Lipinski definition) is 2. The molecular formula is C26H42ClN5O4Si. The van der Waals surface area contributed by atoms with Gasteiger partial charge in [-0.05, 0) is 42.6 Å². The Morgan fingerprint density at radius 2 is 1.81 bits per heavy atom. The van der Waals surface area contributed by atoms with Crippen LogP contribution >= 0.6 is 11.6 Å². The molecule has 1 aliphatic rings. The van der Waals surface area contributed by atoms with E-state index in [0.717, 1.165) is 43.8 Å². The third-order valence-corrected chi connectivity index (χ3v) is 12.3. The predicted molar refractivity (Wildman–Crippen MR) is 149 cm³/mol. The van der Waals surface area contributed by atoms with Gasteiger partial charge < -0.3 is 25.1 Å². The van der Waals surface area contributed by atoms with Gasteiger partial charge in [0.05, 0.1) is 12.9 Å². The summed E-state index contributed by atoms with van der Waals surface area (Å²) < 4.78 is 20.7. The van der Waals surface area contributed by atoms with Crippen LogP contribution in [0, 0.1) is 11.5 Å². The van der Waals surface area contributed by atoms with Gasteiger partial charge in [0.1, 0.15) is 25.8 Å². The van der Waals surface area contributed by atoms with Crippen molar-refractivity contribution in [3.05, 3.63) is 11.6 Å². The number of halogens is 1. The lowest BCUT2D eigenvalue weighted by Crippen LogP contribution is -2.48. The second kappa shape index (κ2) is 13.4. The first-order chi connectivity index (χ1) is 17.8. The Balaban J connectivity index is 2.10. The smallest absolute Gasteiger partial charge is 0.226 e. The number of nitrogens with two attached hydrogens (primary N) is 1. The Labute approximate surface area is 226 Å². The summed E-state index contributed by atoms with van der Waals surface area (Å²) in [6.45, 7) is 12.1. The molecule has 0 saturated carbocycles. The summed E-state index contributed by atoms with van der Waals surface area (Å²) in [5.74, 6) is 3.66. The molecule has 1 fully saturated rings. The van der Waals surface area contributed by atoms with Crippen molar-refractivity contribution in [2.75, 3.05) is 25.6 Å². The molecule has 4 atom stereocenters. The number of ether oxygens (including phenoxy) is 3. The summed E-state index contributed by atoms with van der Waals surface area (Å²) in [5.41, 5.74) is 9.31. The van der Waals surface area contributed by atoms with E-state index in [1.54, 1.807) is 4.57 Å². The van der Waals surface area contributed by atoms with E-state index in [2.05, 4.69) is 61.0 Å². The van der Waals surface area contributed by atoms with Crippen LogP contribution in [0.2, 0.25) is 23.4 Å². The highest BCUT2D eigenvalue weighted by Crippen LogP contribution is 2.41. The number of rotatable bonds is 13. The summed E-state index contributed by atoms with van der Waals surface area (Å²) in [6.07, 6.45) is 2.67. The zero-order valence-corrected chi connectivity index (χ0v) is 24.6. The molecule has 9 nitrogen and oxygen atoms in total. The zero-order valence-electron chi connectivity index (χ0n) is 22.8. The van der Waals surface area contributed by atoms with Crippen molar-refractivity contribution >= 4 is 36.7 Å². The fraction of sp³-hybridized carbons (Fsp3) is 0.731. The van der Waals surface area contributed by atoms with E-state index in [1.165, 1.54) is 6.33 Å². The Kier molecular flexibility index (Phi) is 10.8. The van der Waals surface area contributed by atoms with Crippen LogP contribution in [0.5, 0.6) is 0 Å². The van der Waals surface area contributed by atoms with Crippen molar-refractivity contribution in [3.8, 4) is 11.5 Å². The van der Waals surface area contributed by atoms with Crippen molar-refractivity contribution in [3.63, 3.8) is 0 Å². The molecule has 2 aromatic rings. The summed E-state index contributed by atoms with van der Waals surface area (Å²) in [4.78, 5) is 12.7. The molecule has 1 aliphatic heterocycles. The van der Waals surface area contributed by atoms with Crippen LogP contribution in [0.15, 0.2) is 6.33 Å². The molecule has 3 rings (SSSR count). The zero-order chi connectivity index (χ0) is 27.1. The molecule has 0 bridgehead atoms. The van der Waals surface area contributed by atoms with Crippen molar-refractivity contribution in [1.29, 1.82) is 0 Å². The van der Waals surface area contributed by atoms with Crippen LogP contribution in [0.1, 0.15) is 66.5 Å². The number of unbranched alkanes of at least 4 members (excludes halogenated alkanes) is 2. The maximum absolute atomic E-state index is 11.6. The van der Waals surface area contributed by atoms with E-state index in [4.69, 9.17) is 31.5 Å². The maximum atomic E-state index is 11.6. The van der Waals surface area contributed by atoms with E-state index < -0.39 is 32.1 Å². The third-order valence-electron chi connectivity index (χ3n) is 7.41. The van der Waals surface area contributed by atoms with Gasteiger partial charge in [-0.25, -0.2) is 4.98 Å². The SMILES string of the molecule is CCCCOC[C@@]1(C#C[Si](CC)(CC)CC)O[C@@H](n2cnc3c(N)nc(Cl)nc32)[C@H](O)[C@@H]1OCCCC. The lowest BCUT2D eigenvalue weighted by Gasteiger charge is -2.31. The van der Waals surface area contributed by atoms with Gasteiger partial charge in [0.25, 0.3) is 0 Å². The average molecular weight is 552 g/mol. The highest BCUT2D eigenvalue weighted by atomic mass is 35.5. The molecule has 0 amide bonds. The van der Waals surface area contributed by atoms with Crippen LogP contribution in [0.3, 0.4) is 0 Å². The first-order valence-electron chi connectivity index (χ1n) is 13.5. The number of aromatic nitrogens is 4. The molecule has 0 spiro atoms. The monoisotopic (exact) mass is 551 g/mol. The van der Waals surface area contributed by atoms with Crippen molar-refractivity contribution < 1.29 is 19.3 Å². The highest BCUT2D eigenvalue weighted by molar-refractivity contribution is 6.87. The number of aliphatic hydroxyl groups is 1. The second-order valence-electron chi connectivity index (χ2n) is 9.73. The summed E-state index contributed by atoms with van der Waals surface area (Å²) in [6, 6.07) is 3.15. The Bertz CT molecular complexity index is 1080. The minimum Gasteiger partial charge on any atom is -0.386 e. The van der Waals surface area contributed by atoms with Crippen LogP contribution in [-0.4, -0.2) is 70.3 Å². The molecule has 3 N–H and O–H groups in total. The standard InChI is InChI=1S/C26H42ClN5O4Si/c1-6-11-14-34-17-26(13-16-37(8-3,9-4)10-5)21(35-15-12-7-2)20(33)24(36-26)32-18-29-19-22(28)30-25(27)31-23(19)32/h18,20-21,24,33H,6-12,14-15,17H2,1-5H3,(H2,28,30,31)/t20-,21+,24-,26-/m1/s1. The maximum Gasteiger partial charge on any atom is 0.226 e. The van der Waals surface area contributed by atoms with Crippen molar-refractivity contribution in [1.82, 2.24) is 19.5 Å². The van der Waals surface area contributed by atoms with E-state index in [1.807, 2.05) is 0 Å². The molecule has 1 saturated heterocycles. The van der Waals surface area contributed by atoms with E-state index >= 15 is 0 Å². The molecule has 0 unspecified atom stereocenters. The number of nitrogen functional groups attached to an aromatic ring is 1. The minimum atomic E-state index is -1.83. The van der Waals surface area contributed by atoms with Gasteiger partial charge in [-0.3, -0.25) is 4.57 Å². The van der Waals surface area contributed by atoms with Gasteiger partial charge in [-0.2, -0.15) is 9.97 Å². The minimum absolute atomic E-state index is 0.00597. The molecule has 2 aromatic heterocycles. The highest BCUT2D eigenvalue weighted by Gasteiger charge is 2.56. The van der Waals surface area contributed by atoms with Crippen molar-refractivity contribution in [2.24, 2.45) is 0 Å². The summed E-state index contributed by atoms with van der Waals surface area (Å²) in [5, 5.41) is 11.6. The van der Waals surface area contributed by atoms with Crippen molar-refractivity contribution in [2.45, 2.75) is 102 Å². The fourth-order valence-corrected chi connectivity index (χ4v) is 7.34. The van der Waals surface area contributed by atoms with Crippen LogP contribution in [0.25, 0.3) is 11.2 Å². The lowest BCUT2D eigenvalue weighted by atomic mass is 9.96. The van der Waals surface area contributed by atoms with Gasteiger partial charge in [0.15, 0.2) is 23.3 Å². The van der Waals surface area contributed by atoms with Gasteiger partial charge in [0.2, 0.25) is 5.28 Å². The van der Waals surface area contributed by atoms with E-state index in [0.29, 0.717) is 24.4 Å². The Hall–Kier alpha value is -1.74. The lowest BCUT2D eigenvalue weighted by molar-refractivity contribution is -0.118. The molecule has 206 valence electrons. The molecule has 11 heteroatoms. The summed E-state index contributed by atoms with van der Waals surface area (Å²) in [7, 11) is -1.83. The van der Waals surface area contributed by atoms with Gasteiger partial charge >= 0.3 is 0 Å². The number of aliphatic hydroxyl groups excluding tert-OH is 1. The molecule has 0 radical (unpaired) electrons. The Morgan fingerprint density at radius 1 is 1.14 bits per heavy atom. The first-order valence-corrected chi connectivity index (χ1v) is 16.5. The Morgan fingerprint density at radius 3 is 2.46 bits per heavy atom. The number of hydrogen-bond acceptors (Lipinski definition) is 8. The van der Waals surface area contributed by atoms with Crippen LogP contribution in [0.4, 0.5) is 5.82 Å². The quantitative estimate of drug-likeness (QED) is 0.158. The number of nitrogens with zero attached hydrogens (tertiary/aromatic N) is 4. The molecular weight excluding hydrogens is 510 g/mol. The largest absolute Gasteiger partial charge is 0.386 e. The molecule has 3 heterocycles. The molecule has 37 heavy (non-hydrogen) atoms. The number of anilines is 1. The first kappa shape index (κ1) is 29.8. The van der Waals surface area contributed by atoms with Crippen LogP contribution < -0.4 is 5.73 Å². The predicted octanol–water partition coefficient (Wildman–Crippen LogP) is 4.74. The topological polar surface area (TPSA) is 118 Å². The number of imidazole rings is 1. The van der Waals surface area contributed by atoms with Gasteiger partial charge in [-0.15, -0.1) is 5.54 Å². The van der Waals surface area contributed by atoms with E-state index in [-0.39, 0.29) is 17.7 Å². The van der Waals surface area contributed by atoms with Gasteiger partial charge in [-0.1, -0.05) is 53.4 Å². The van der Waals surface area contributed by atoms with Crippen LogP contribution in [-0.2, 0) is 14.2 Å². The number of fused-ring (bicyclic) bond motifs is 1. The third kappa shape index (κ3) is 6.46. The summed E-state index contributed by atoms with van der Waals surface area (Å²) >= 11 is 6.10.